The molecule has 0 aliphatic rings. The van der Waals surface area contributed by atoms with E-state index in [1.54, 1.807) is 18.3 Å². The largest absolute Gasteiger partial charge is 0.491 e. The Hall–Kier alpha value is -3.09. The molecule has 1 aromatic carbocycles. The van der Waals surface area contributed by atoms with E-state index in [2.05, 4.69) is 15.4 Å². The minimum Gasteiger partial charge on any atom is -0.491 e. The predicted molar refractivity (Wildman–Crippen MR) is 97.5 cm³/mol. The average molecular weight is 354 g/mol. The lowest BCUT2D eigenvalue weighted by Crippen LogP contribution is -2.23. The molecule has 2 aromatic heterocycles. The second kappa shape index (κ2) is 7.86. The van der Waals surface area contributed by atoms with Crippen molar-refractivity contribution in [1.82, 2.24) is 19.9 Å². The van der Waals surface area contributed by atoms with Crippen molar-refractivity contribution in [2.45, 2.75) is 33.4 Å². The van der Waals surface area contributed by atoms with E-state index in [0.717, 1.165) is 11.3 Å². The molecule has 3 rings (SSSR count). The van der Waals surface area contributed by atoms with Gasteiger partial charge in [0.2, 0.25) is 5.88 Å². The number of hydrogen-bond donors (Lipinski definition) is 1. The number of carbonyl (C=O) groups excluding carboxylic acids is 1. The Morgan fingerprint density at radius 3 is 2.65 bits per heavy atom. The van der Waals surface area contributed by atoms with Gasteiger partial charge in [-0.3, -0.25) is 4.79 Å². The summed E-state index contributed by atoms with van der Waals surface area (Å²) in [5, 5.41) is 7.12. The van der Waals surface area contributed by atoms with Crippen LogP contribution in [-0.2, 0) is 6.54 Å². The monoisotopic (exact) mass is 354 g/mol. The van der Waals surface area contributed by atoms with Gasteiger partial charge in [-0.05, 0) is 44.5 Å². The maximum atomic E-state index is 12.3. The Kier molecular flexibility index (Phi) is 5.36. The molecule has 0 atom stereocenters. The third-order valence-electron chi connectivity index (χ3n) is 3.57. The molecule has 7 heteroatoms. The van der Waals surface area contributed by atoms with Crippen LogP contribution in [0.1, 0.15) is 36.8 Å². The highest BCUT2D eigenvalue weighted by molar-refractivity contribution is 5.92. The molecule has 0 unspecified atom stereocenters. The summed E-state index contributed by atoms with van der Waals surface area (Å²) in [6.07, 6.45) is 1.72. The summed E-state index contributed by atoms with van der Waals surface area (Å²) in [6, 6.07) is 11.1. The SMILES string of the molecule is CCOc1ccc2nc(C(=O)NCc3ccc(OC(C)C)cc3)cn2n1. The van der Waals surface area contributed by atoms with Crippen LogP contribution in [0.15, 0.2) is 42.6 Å². The zero-order chi connectivity index (χ0) is 18.5. The average Bonchev–Trinajstić information content (AvgIpc) is 3.04. The summed E-state index contributed by atoms with van der Waals surface area (Å²) in [6.45, 7) is 6.79. The Morgan fingerprint density at radius 1 is 1.19 bits per heavy atom. The number of benzene rings is 1. The Labute approximate surface area is 152 Å². The fraction of sp³-hybridized carbons (Fsp3) is 0.316. The second-order valence-corrected chi connectivity index (χ2v) is 6.03. The first-order chi connectivity index (χ1) is 12.5. The third-order valence-corrected chi connectivity index (χ3v) is 3.57. The van der Waals surface area contributed by atoms with E-state index in [4.69, 9.17) is 9.47 Å². The molecule has 7 nitrogen and oxygen atoms in total. The quantitative estimate of drug-likeness (QED) is 0.706. The first kappa shape index (κ1) is 17.7. The van der Waals surface area contributed by atoms with Crippen molar-refractivity contribution in [3.8, 4) is 11.6 Å². The highest BCUT2D eigenvalue weighted by Crippen LogP contribution is 2.14. The van der Waals surface area contributed by atoms with Crippen molar-refractivity contribution in [1.29, 1.82) is 0 Å². The van der Waals surface area contributed by atoms with E-state index in [1.165, 1.54) is 4.52 Å². The minimum atomic E-state index is -0.254. The minimum absolute atomic E-state index is 0.132. The maximum Gasteiger partial charge on any atom is 0.271 e. The highest BCUT2D eigenvalue weighted by Gasteiger charge is 2.12. The van der Waals surface area contributed by atoms with Gasteiger partial charge in [0.1, 0.15) is 11.4 Å². The Morgan fingerprint density at radius 2 is 1.96 bits per heavy atom. The normalized spacial score (nSPS) is 10.9. The van der Waals surface area contributed by atoms with Crippen LogP contribution < -0.4 is 14.8 Å². The maximum absolute atomic E-state index is 12.3. The number of carbonyl (C=O) groups is 1. The number of hydrogen-bond acceptors (Lipinski definition) is 5. The van der Waals surface area contributed by atoms with Crippen molar-refractivity contribution < 1.29 is 14.3 Å². The van der Waals surface area contributed by atoms with Crippen LogP contribution in [0.2, 0.25) is 0 Å². The summed E-state index contributed by atoms with van der Waals surface area (Å²) in [4.78, 5) is 16.6. The van der Waals surface area contributed by atoms with Gasteiger partial charge in [-0.15, -0.1) is 5.10 Å². The molecule has 136 valence electrons. The number of aromatic nitrogens is 3. The van der Waals surface area contributed by atoms with Gasteiger partial charge in [0.15, 0.2) is 5.65 Å². The molecule has 3 aromatic rings. The van der Waals surface area contributed by atoms with Crippen LogP contribution in [0.5, 0.6) is 11.6 Å². The summed E-state index contributed by atoms with van der Waals surface area (Å²) < 4.78 is 12.5. The molecule has 0 radical (unpaired) electrons. The molecule has 2 heterocycles. The molecule has 0 fully saturated rings. The number of rotatable bonds is 7. The zero-order valence-corrected chi connectivity index (χ0v) is 15.1. The number of nitrogens with one attached hydrogen (secondary N) is 1. The van der Waals surface area contributed by atoms with Crippen LogP contribution in [0.3, 0.4) is 0 Å². The predicted octanol–water partition coefficient (Wildman–Crippen LogP) is 2.85. The van der Waals surface area contributed by atoms with Crippen molar-refractivity contribution >= 4 is 11.6 Å². The van der Waals surface area contributed by atoms with Crippen molar-refractivity contribution in [2.75, 3.05) is 6.61 Å². The lowest BCUT2D eigenvalue weighted by atomic mass is 10.2. The third kappa shape index (κ3) is 4.30. The van der Waals surface area contributed by atoms with E-state index in [1.807, 2.05) is 45.0 Å². The molecule has 0 spiro atoms. The standard InChI is InChI=1S/C19H22N4O3/c1-4-25-18-10-9-17-21-16(12-23(17)22-18)19(24)20-11-14-5-7-15(8-6-14)26-13(2)3/h5-10,12-13H,4,11H2,1-3H3,(H,20,24). The number of nitrogens with zero attached hydrogens (tertiary/aromatic N) is 3. The fourth-order valence-electron chi connectivity index (χ4n) is 2.43. The number of imidazole rings is 1. The van der Waals surface area contributed by atoms with E-state index < -0.39 is 0 Å². The van der Waals surface area contributed by atoms with Gasteiger partial charge in [-0.2, -0.15) is 0 Å². The smallest absolute Gasteiger partial charge is 0.271 e. The zero-order valence-electron chi connectivity index (χ0n) is 15.1. The van der Waals surface area contributed by atoms with Crippen LogP contribution in [0.4, 0.5) is 0 Å². The van der Waals surface area contributed by atoms with E-state index in [0.29, 0.717) is 30.4 Å². The number of fused-ring (bicyclic) bond motifs is 1. The first-order valence-electron chi connectivity index (χ1n) is 8.58. The van der Waals surface area contributed by atoms with Crippen LogP contribution in [0.25, 0.3) is 5.65 Å². The van der Waals surface area contributed by atoms with E-state index in [9.17, 15) is 4.79 Å². The van der Waals surface area contributed by atoms with Crippen molar-refractivity contribution in [3.63, 3.8) is 0 Å². The molecule has 0 aliphatic carbocycles. The topological polar surface area (TPSA) is 77.8 Å². The van der Waals surface area contributed by atoms with Gasteiger partial charge in [0, 0.05) is 12.6 Å². The molecule has 0 bridgehead atoms. The second-order valence-electron chi connectivity index (χ2n) is 6.03. The molecule has 0 saturated heterocycles. The van der Waals surface area contributed by atoms with Gasteiger partial charge in [-0.25, -0.2) is 9.50 Å². The van der Waals surface area contributed by atoms with Gasteiger partial charge < -0.3 is 14.8 Å². The lowest BCUT2D eigenvalue weighted by molar-refractivity contribution is 0.0946. The summed E-state index contributed by atoms with van der Waals surface area (Å²) in [5.41, 5.74) is 1.88. The van der Waals surface area contributed by atoms with Gasteiger partial charge in [0.25, 0.3) is 5.91 Å². The van der Waals surface area contributed by atoms with Crippen molar-refractivity contribution in [3.05, 3.63) is 53.9 Å². The van der Waals surface area contributed by atoms with Crippen LogP contribution in [-0.4, -0.2) is 33.2 Å². The van der Waals surface area contributed by atoms with E-state index in [-0.39, 0.29) is 12.0 Å². The Bertz CT molecular complexity index is 887. The van der Waals surface area contributed by atoms with Gasteiger partial charge in [0.05, 0.1) is 18.9 Å². The molecular formula is C19H22N4O3. The van der Waals surface area contributed by atoms with Gasteiger partial charge in [-0.1, -0.05) is 12.1 Å². The number of ether oxygens (including phenoxy) is 2. The molecule has 26 heavy (non-hydrogen) atoms. The van der Waals surface area contributed by atoms with Crippen LogP contribution in [0, 0.1) is 0 Å². The molecule has 0 aliphatic heterocycles. The Balaban J connectivity index is 1.63. The van der Waals surface area contributed by atoms with Crippen molar-refractivity contribution in [2.24, 2.45) is 0 Å². The summed E-state index contributed by atoms with van der Waals surface area (Å²) in [5.74, 6) is 1.05. The first-order valence-corrected chi connectivity index (χ1v) is 8.58. The lowest BCUT2D eigenvalue weighted by Gasteiger charge is -2.10. The summed E-state index contributed by atoms with van der Waals surface area (Å²) in [7, 11) is 0. The molecule has 0 saturated carbocycles. The molecular weight excluding hydrogens is 332 g/mol. The van der Waals surface area contributed by atoms with E-state index >= 15 is 0 Å². The fourth-order valence-corrected chi connectivity index (χ4v) is 2.43. The highest BCUT2D eigenvalue weighted by atomic mass is 16.5. The number of amides is 1. The summed E-state index contributed by atoms with van der Waals surface area (Å²) >= 11 is 0. The van der Waals surface area contributed by atoms with Crippen LogP contribution >= 0.6 is 0 Å². The molecule has 1 N–H and O–H groups in total. The molecule has 1 amide bonds. The van der Waals surface area contributed by atoms with Gasteiger partial charge >= 0.3 is 0 Å².